The molecule has 0 amide bonds. The van der Waals surface area contributed by atoms with Crippen LogP contribution in [0.2, 0.25) is 0 Å². The Bertz CT molecular complexity index is 751. The summed E-state index contributed by atoms with van der Waals surface area (Å²) in [6.45, 7) is 6.84. The third kappa shape index (κ3) is 4.13. The van der Waals surface area contributed by atoms with Crippen molar-refractivity contribution in [3.05, 3.63) is 59.9 Å². The van der Waals surface area contributed by atoms with E-state index in [-0.39, 0.29) is 0 Å². The molecule has 4 nitrogen and oxygen atoms in total. The normalized spacial score (nSPS) is 11.8. The highest BCUT2D eigenvalue weighted by atomic mass is 15.1. The monoisotopic (exact) mass is 322 g/mol. The van der Waals surface area contributed by atoms with Crippen molar-refractivity contribution in [1.29, 1.82) is 0 Å². The third-order valence-corrected chi connectivity index (χ3v) is 4.74. The van der Waals surface area contributed by atoms with Gasteiger partial charge in [0.05, 0.1) is 6.20 Å². The summed E-state index contributed by atoms with van der Waals surface area (Å²) in [5, 5.41) is 6.84. The highest BCUT2D eigenvalue weighted by molar-refractivity contribution is 5.61. The Labute approximate surface area is 143 Å². The lowest BCUT2D eigenvalue weighted by Gasteiger charge is -2.21. The van der Waals surface area contributed by atoms with Crippen LogP contribution >= 0.6 is 0 Å². The van der Waals surface area contributed by atoms with Crippen molar-refractivity contribution in [2.24, 2.45) is 5.41 Å². The van der Waals surface area contributed by atoms with Gasteiger partial charge in [-0.2, -0.15) is 5.10 Å². The molecule has 0 spiro atoms. The molecule has 0 aliphatic rings. The Morgan fingerprint density at radius 1 is 1.00 bits per heavy atom. The molecule has 24 heavy (non-hydrogen) atoms. The van der Waals surface area contributed by atoms with Gasteiger partial charge in [0, 0.05) is 30.1 Å². The molecule has 0 aliphatic heterocycles. The second-order valence-corrected chi connectivity index (χ2v) is 7.23. The van der Waals surface area contributed by atoms with Gasteiger partial charge in [-0.3, -0.25) is 5.10 Å². The summed E-state index contributed by atoms with van der Waals surface area (Å²) < 4.78 is 0. The lowest BCUT2D eigenvalue weighted by Crippen LogP contribution is -2.13. The van der Waals surface area contributed by atoms with Crippen molar-refractivity contribution < 1.29 is 0 Å². The number of hydrogen-bond donors (Lipinski definition) is 2. The maximum absolute atomic E-state index is 4.54. The van der Waals surface area contributed by atoms with E-state index in [1.54, 1.807) is 0 Å². The summed E-state index contributed by atoms with van der Waals surface area (Å²) in [4.78, 5) is 8.02. The molecule has 2 heterocycles. The number of imidazole rings is 1. The predicted molar refractivity (Wildman–Crippen MR) is 97.8 cm³/mol. The van der Waals surface area contributed by atoms with Crippen molar-refractivity contribution in [1.82, 2.24) is 20.2 Å². The Balaban J connectivity index is 1.57. The maximum atomic E-state index is 4.54. The van der Waals surface area contributed by atoms with Gasteiger partial charge in [-0.05, 0) is 29.4 Å². The van der Waals surface area contributed by atoms with E-state index in [0.29, 0.717) is 5.41 Å². The fourth-order valence-electron chi connectivity index (χ4n) is 2.80. The topological polar surface area (TPSA) is 57.4 Å². The van der Waals surface area contributed by atoms with Gasteiger partial charge in [0.25, 0.3) is 0 Å². The van der Waals surface area contributed by atoms with Crippen LogP contribution in [0.15, 0.2) is 42.9 Å². The van der Waals surface area contributed by atoms with Crippen LogP contribution < -0.4 is 0 Å². The van der Waals surface area contributed by atoms with Crippen LogP contribution in [-0.4, -0.2) is 20.2 Å². The van der Waals surface area contributed by atoms with E-state index in [9.17, 15) is 0 Å². The lowest BCUT2D eigenvalue weighted by molar-refractivity contribution is 0.346. The van der Waals surface area contributed by atoms with Crippen LogP contribution in [0.1, 0.15) is 44.3 Å². The first kappa shape index (κ1) is 16.5. The van der Waals surface area contributed by atoms with Crippen molar-refractivity contribution in [2.75, 3.05) is 0 Å². The van der Waals surface area contributed by atoms with E-state index in [2.05, 4.69) is 65.2 Å². The molecule has 0 aliphatic carbocycles. The minimum atomic E-state index is 0.326. The number of nitrogens with zero attached hydrogens (tertiary/aromatic N) is 2. The summed E-state index contributed by atoms with van der Waals surface area (Å²) in [6, 6.07) is 8.67. The number of hydrogen-bond acceptors (Lipinski definition) is 2. The van der Waals surface area contributed by atoms with Crippen LogP contribution in [0.4, 0.5) is 0 Å². The van der Waals surface area contributed by atoms with E-state index < -0.39 is 0 Å². The average molecular weight is 322 g/mol. The molecule has 0 unspecified atom stereocenters. The van der Waals surface area contributed by atoms with E-state index >= 15 is 0 Å². The fourth-order valence-corrected chi connectivity index (χ4v) is 2.80. The summed E-state index contributed by atoms with van der Waals surface area (Å²) in [5.74, 6) is 1.08. The minimum Gasteiger partial charge on any atom is -0.346 e. The molecule has 0 saturated carbocycles. The summed E-state index contributed by atoms with van der Waals surface area (Å²) in [6.07, 6.45) is 9.91. The molecular weight excluding hydrogens is 296 g/mol. The van der Waals surface area contributed by atoms with Crippen LogP contribution in [0.5, 0.6) is 0 Å². The highest BCUT2D eigenvalue weighted by Gasteiger charge is 2.17. The maximum Gasteiger partial charge on any atom is 0.106 e. The lowest BCUT2D eigenvalue weighted by atomic mass is 9.85. The van der Waals surface area contributed by atoms with Gasteiger partial charge in [0.15, 0.2) is 0 Å². The number of aromatic amines is 2. The Hall–Kier alpha value is -2.36. The van der Waals surface area contributed by atoms with Gasteiger partial charge in [0.1, 0.15) is 5.82 Å². The number of nitrogens with one attached hydrogen (secondary N) is 2. The first-order chi connectivity index (χ1) is 11.6. The summed E-state index contributed by atoms with van der Waals surface area (Å²) in [7, 11) is 0. The fraction of sp³-hybridized carbons (Fsp3) is 0.400. The molecule has 0 atom stereocenters. The van der Waals surface area contributed by atoms with E-state index in [4.69, 9.17) is 0 Å². The van der Waals surface area contributed by atoms with Crippen molar-refractivity contribution in [3.63, 3.8) is 0 Å². The molecule has 2 N–H and O–H groups in total. The van der Waals surface area contributed by atoms with Gasteiger partial charge < -0.3 is 4.98 Å². The van der Waals surface area contributed by atoms with Gasteiger partial charge in [-0.25, -0.2) is 4.98 Å². The van der Waals surface area contributed by atoms with Crippen LogP contribution in [0.25, 0.3) is 11.1 Å². The molecular formula is C20H26N4. The quantitative estimate of drug-likeness (QED) is 0.670. The van der Waals surface area contributed by atoms with Gasteiger partial charge in [-0.15, -0.1) is 0 Å². The van der Waals surface area contributed by atoms with E-state index in [1.807, 2.05) is 18.6 Å². The zero-order chi connectivity index (χ0) is 17.0. The third-order valence-electron chi connectivity index (χ3n) is 4.74. The summed E-state index contributed by atoms with van der Waals surface area (Å²) in [5.41, 5.74) is 5.21. The molecule has 3 aromatic rings. The summed E-state index contributed by atoms with van der Waals surface area (Å²) >= 11 is 0. The van der Waals surface area contributed by atoms with E-state index in [1.165, 1.54) is 23.2 Å². The van der Waals surface area contributed by atoms with Crippen LogP contribution in [0.3, 0.4) is 0 Å². The van der Waals surface area contributed by atoms with Crippen molar-refractivity contribution in [2.45, 2.75) is 46.5 Å². The van der Waals surface area contributed by atoms with Crippen molar-refractivity contribution >= 4 is 0 Å². The Morgan fingerprint density at radius 3 is 2.46 bits per heavy atom. The van der Waals surface area contributed by atoms with Crippen molar-refractivity contribution in [3.8, 4) is 11.1 Å². The van der Waals surface area contributed by atoms with Gasteiger partial charge in [0.2, 0.25) is 0 Å². The van der Waals surface area contributed by atoms with Gasteiger partial charge in [-0.1, -0.05) is 51.5 Å². The predicted octanol–water partition coefficient (Wildman–Crippen LogP) is 4.56. The standard InChI is InChI=1S/C20H26N4/c1-4-20(2,3)11-18-14-21-19(24-18)10-7-15-5-8-16(9-6-15)17-12-22-23-13-17/h5-6,8-9,12-14H,4,7,10-11H2,1-3H3,(H,21,24)(H,22,23). The number of aromatic nitrogens is 4. The van der Waals surface area contributed by atoms with Gasteiger partial charge >= 0.3 is 0 Å². The highest BCUT2D eigenvalue weighted by Crippen LogP contribution is 2.24. The molecule has 4 heteroatoms. The molecule has 1 aromatic carbocycles. The molecule has 0 fully saturated rings. The molecule has 0 saturated heterocycles. The zero-order valence-corrected chi connectivity index (χ0v) is 14.8. The Morgan fingerprint density at radius 2 is 1.79 bits per heavy atom. The molecule has 126 valence electrons. The number of rotatable bonds is 7. The second kappa shape index (κ2) is 7.04. The number of aryl methyl sites for hydroxylation is 2. The van der Waals surface area contributed by atoms with E-state index in [0.717, 1.165) is 30.7 Å². The largest absolute Gasteiger partial charge is 0.346 e. The molecule has 0 radical (unpaired) electrons. The zero-order valence-electron chi connectivity index (χ0n) is 14.8. The molecule has 3 rings (SSSR count). The second-order valence-electron chi connectivity index (χ2n) is 7.23. The smallest absolute Gasteiger partial charge is 0.106 e. The Kier molecular flexibility index (Phi) is 4.84. The molecule has 2 aromatic heterocycles. The molecule has 0 bridgehead atoms. The van der Waals surface area contributed by atoms with Crippen LogP contribution in [-0.2, 0) is 19.3 Å². The minimum absolute atomic E-state index is 0.326. The first-order valence-corrected chi connectivity index (χ1v) is 8.66. The first-order valence-electron chi connectivity index (χ1n) is 8.66. The number of H-pyrrole nitrogens is 2. The van der Waals surface area contributed by atoms with Crippen LogP contribution in [0, 0.1) is 5.41 Å². The SMILES string of the molecule is CCC(C)(C)Cc1cnc(CCc2ccc(-c3cn[nH]c3)cc2)[nH]1. The average Bonchev–Trinajstić information content (AvgIpc) is 3.25. The number of benzene rings is 1.